The van der Waals surface area contributed by atoms with Crippen molar-refractivity contribution in [3.05, 3.63) is 0 Å². The largest absolute Gasteiger partial charge is 0.490 e. The molecule has 0 atom stereocenters. The standard InChI is InChI=1S/C7H17N2OP.2C2HF3O2/c1-11(10)6-4-9(3-2-8)5-7-11;2*3-2(4,5)1(6)7/h2-8H2,1H3;2*(H,6,7). The summed E-state index contributed by atoms with van der Waals surface area (Å²) in [6, 6.07) is 0. The molecule has 0 aromatic carbocycles. The van der Waals surface area contributed by atoms with Crippen molar-refractivity contribution in [2.45, 2.75) is 12.4 Å². The lowest BCUT2D eigenvalue weighted by atomic mass is 10.4. The van der Waals surface area contributed by atoms with Gasteiger partial charge in [0.1, 0.15) is 0 Å². The predicted molar refractivity (Wildman–Crippen MR) is 76.1 cm³/mol. The van der Waals surface area contributed by atoms with Gasteiger partial charge in [-0.2, -0.15) is 26.3 Å². The van der Waals surface area contributed by atoms with E-state index in [1.54, 1.807) is 0 Å². The van der Waals surface area contributed by atoms with Gasteiger partial charge in [0, 0.05) is 38.5 Å². The number of carboxylic acid groups (broad SMARTS) is 2. The Kier molecular flexibility index (Phi) is 11.0. The monoisotopic (exact) mass is 404 g/mol. The molecule has 1 rings (SSSR count). The zero-order valence-corrected chi connectivity index (χ0v) is 14.0. The van der Waals surface area contributed by atoms with Crippen molar-refractivity contribution >= 4 is 19.1 Å². The second-order valence-corrected chi connectivity index (χ2v) is 8.47. The maximum Gasteiger partial charge on any atom is 0.490 e. The Morgan fingerprint density at radius 2 is 1.28 bits per heavy atom. The molecule has 0 bridgehead atoms. The molecule has 0 radical (unpaired) electrons. The predicted octanol–water partition coefficient (Wildman–Crippen LogP) is 1.52. The topological polar surface area (TPSA) is 121 Å². The molecule has 14 heteroatoms. The van der Waals surface area contributed by atoms with Crippen molar-refractivity contribution in [1.29, 1.82) is 0 Å². The van der Waals surface area contributed by atoms with Crippen LogP contribution in [-0.4, -0.2) is 84.6 Å². The minimum absolute atomic E-state index is 0.716. The van der Waals surface area contributed by atoms with E-state index in [0.717, 1.165) is 32.0 Å². The number of carbonyl (C=O) groups is 2. The van der Waals surface area contributed by atoms with E-state index in [9.17, 15) is 30.9 Å². The van der Waals surface area contributed by atoms with Gasteiger partial charge in [0.15, 0.2) is 0 Å². The van der Waals surface area contributed by atoms with Gasteiger partial charge in [0.25, 0.3) is 0 Å². The Bertz CT molecular complexity index is 447. The van der Waals surface area contributed by atoms with Crippen LogP contribution in [0.1, 0.15) is 0 Å². The number of aliphatic carboxylic acids is 2. The normalized spacial score (nSPS) is 17.4. The zero-order chi connectivity index (χ0) is 20.5. The Hall–Kier alpha value is -1.33. The zero-order valence-electron chi connectivity index (χ0n) is 13.1. The molecule has 0 aromatic heterocycles. The van der Waals surface area contributed by atoms with Gasteiger partial charge in [0.2, 0.25) is 0 Å². The second kappa shape index (κ2) is 10.6. The Morgan fingerprint density at radius 1 is 1.00 bits per heavy atom. The smallest absolute Gasteiger partial charge is 0.475 e. The average Bonchev–Trinajstić information content (AvgIpc) is 2.40. The summed E-state index contributed by atoms with van der Waals surface area (Å²) in [6.45, 7) is 5.54. The van der Waals surface area contributed by atoms with Gasteiger partial charge in [-0.05, 0) is 6.66 Å². The van der Waals surface area contributed by atoms with Crippen LogP contribution in [0.4, 0.5) is 26.3 Å². The van der Waals surface area contributed by atoms with Gasteiger partial charge >= 0.3 is 24.3 Å². The maximum atomic E-state index is 11.5. The molecule has 0 aliphatic carbocycles. The highest BCUT2D eigenvalue weighted by atomic mass is 31.2. The highest BCUT2D eigenvalue weighted by Crippen LogP contribution is 2.42. The summed E-state index contributed by atoms with van der Waals surface area (Å²) < 4.78 is 75.0. The lowest BCUT2D eigenvalue weighted by Gasteiger charge is -2.29. The highest BCUT2D eigenvalue weighted by Gasteiger charge is 2.38. The first-order valence-corrected chi connectivity index (χ1v) is 9.13. The fraction of sp³-hybridized carbons (Fsp3) is 0.818. The summed E-state index contributed by atoms with van der Waals surface area (Å²) in [4.78, 5) is 20.1. The highest BCUT2D eigenvalue weighted by molar-refractivity contribution is 7.63. The number of nitrogens with zero attached hydrogens (tertiary/aromatic N) is 1. The van der Waals surface area contributed by atoms with E-state index < -0.39 is 31.4 Å². The molecule has 1 heterocycles. The van der Waals surface area contributed by atoms with E-state index >= 15 is 0 Å². The van der Waals surface area contributed by atoms with Crippen molar-refractivity contribution in [3.63, 3.8) is 0 Å². The number of nitrogens with two attached hydrogens (primary N) is 1. The first-order valence-electron chi connectivity index (χ1n) is 6.61. The van der Waals surface area contributed by atoms with Crippen LogP contribution in [0, 0.1) is 0 Å². The maximum absolute atomic E-state index is 11.5. The Morgan fingerprint density at radius 3 is 1.48 bits per heavy atom. The molecule has 1 aliphatic heterocycles. The minimum atomic E-state index is -5.08. The van der Waals surface area contributed by atoms with Crippen LogP contribution >= 0.6 is 7.14 Å². The number of hydrogen-bond acceptors (Lipinski definition) is 5. The third-order valence-corrected chi connectivity index (χ3v) is 5.00. The first-order chi connectivity index (χ1) is 11.0. The van der Waals surface area contributed by atoms with E-state index in [2.05, 4.69) is 4.90 Å². The molecule has 25 heavy (non-hydrogen) atoms. The van der Waals surface area contributed by atoms with Crippen LogP contribution in [0.15, 0.2) is 0 Å². The summed E-state index contributed by atoms with van der Waals surface area (Å²) in [5.74, 6) is -5.51. The SMILES string of the molecule is CP1(=O)CCN(CCN)CC1.O=C(O)C(F)(F)F.O=C(O)C(F)(F)F. The summed E-state index contributed by atoms with van der Waals surface area (Å²) >= 11 is 0. The third kappa shape index (κ3) is 14.7. The molecule has 1 fully saturated rings. The van der Waals surface area contributed by atoms with Gasteiger partial charge < -0.3 is 25.4 Å². The summed E-state index contributed by atoms with van der Waals surface area (Å²) in [5, 5.41) is 14.2. The van der Waals surface area contributed by atoms with Gasteiger partial charge in [0.05, 0.1) is 7.14 Å². The quantitative estimate of drug-likeness (QED) is 0.471. The van der Waals surface area contributed by atoms with Gasteiger partial charge in [-0.25, -0.2) is 9.59 Å². The summed E-state index contributed by atoms with van der Waals surface area (Å²) in [7, 11) is -1.73. The molecule has 150 valence electrons. The lowest BCUT2D eigenvalue weighted by molar-refractivity contribution is -0.193. The molecule has 0 spiro atoms. The molecule has 1 saturated heterocycles. The summed E-state index contributed by atoms with van der Waals surface area (Å²) in [5.41, 5.74) is 5.42. The van der Waals surface area contributed by atoms with Crippen molar-refractivity contribution in [2.24, 2.45) is 5.73 Å². The third-order valence-electron chi connectivity index (χ3n) is 2.71. The van der Waals surface area contributed by atoms with Crippen molar-refractivity contribution in [1.82, 2.24) is 4.90 Å². The van der Waals surface area contributed by atoms with E-state index in [1.165, 1.54) is 0 Å². The molecular weight excluding hydrogens is 385 g/mol. The molecule has 0 saturated carbocycles. The molecule has 0 amide bonds. The van der Waals surface area contributed by atoms with E-state index in [-0.39, 0.29) is 0 Å². The lowest BCUT2D eigenvalue weighted by Crippen LogP contribution is -2.37. The number of carboxylic acids is 2. The molecule has 0 aromatic rings. The van der Waals surface area contributed by atoms with Crippen LogP contribution in [-0.2, 0) is 14.2 Å². The van der Waals surface area contributed by atoms with Crippen LogP contribution in [0.5, 0.6) is 0 Å². The van der Waals surface area contributed by atoms with Crippen molar-refractivity contribution in [2.75, 3.05) is 45.2 Å². The van der Waals surface area contributed by atoms with E-state index in [0.29, 0.717) is 6.54 Å². The molecule has 4 N–H and O–H groups in total. The number of hydrogen-bond donors (Lipinski definition) is 3. The number of rotatable bonds is 2. The van der Waals surface area contributed by atoms with E-state index in [4.69, 9.17) is 25.5 Å². The fourth-order valence-electron chi connectivity index (χ4n) is 1.34. The molecule has 1 aliphatic rings. The summed E-state index contributed by atoms with van der Waals surface area (Å²) in [6.07, 6.45) is -8.40. The van der Waals surface area contributed by atoms with Crippen LogP contribution < -0.4 is 5.73 Å². The van der Waals surface area contributed by atoms with Crippen molar-refractivity contribution < 1.29 is 50.7 Å². The first kappa shape index (κ1) is 25.9. The number of alkyl halides is 6. The van der Waals surface area contributed by atoms with Gasteiger partial charge in [-0.1, -0.05) is 0 Å². The Labute approximate surface area is 139 Å². The molecular formula is C11H19F6N2O5P. The van der Waals surface area contributed by atoms with Gasteiger partial charge in [-0.15, -0.1) is 0 Å². The minimum Gasteiger partial charge on any atom is -0.475 e. The van der Waals surface area contributed by atoms with E-state index in [1.807, 2.05) is 6.66 Å². The fourth-order valence-corrected chi connectivity index (χ4v) is 2.97. The van der Waals surface area contributed by atoms with Crippen LogP contribution in [0.3, 0.4) is 0 Å². The molecule has 7 nitrogen and oxygen atoms in total. The number of halogens is 6. The van der Waals surface area contributed by atoms with Gasteiger partial charge in [-0.3, -0.25) is 0 Å². The second-order valence-electron chi connectivity index (χ2n) is 4.98. The van der Waals surface area contributed by atoms with Crippen LogP contribution in [0.25, 0.3) is 0 Å². The van der Waals surface area contributed by atoms with Crippen molar-refractivity contribution in [3.8, 4) is 0 Å². The Balaban J connectivity index is 0. The van der Waals surface area contributed by atoms with Crippen LogP contribution in [0.2, 0.25) is 0 Å². The average molecular weight is 404 g/mol. The molecule has 0 unspecified atom stereocenters.